The minimum absolute atomic E-state index is 0.119. The van der Waals surface area contributed by atoms with E-state index in [-0.39, 0.29) is 5.41 Å². The smallest absolute Gasteiger partial charge is 0.161 e. The van der Waals surface area contributed by atoms with Crippen LogP contribution in [-0.2, 0) is 6.42 Å². The van der Waals surface area contributed by atoms with E-state index >= 15 is 0 Å². The zero-order valence-electron chi connectivity index (χ0n) is 12.9. The molecule has 1 fully saturated rings. The van der Waals surface area contributed by atoms with E-state index in [0.717, 1.165) is 24.5 Å². The number of fused-ring (bicyclic) bond motifs is 1. The summed E-state index contributed by atoms with van der Waals surface area (Å²) in [6.45, 7) is 7.80. The zero-order chi connectivity index (χ0) is 14.7. The van der Waals surface area contributed by atoms with E-state index in [1.54, 1.807) is 0 Å². The molecule has 0 aliphatic carbocycles. The molecule has 1 aromatic rings. The molecular weight excluding hydrogens is 264 g/mol. The van der Waals surface area contributed by atoms with Crippen LogP contribution in [0.15, 0.2) is 18.2 Å². The van der Waals surface area contributed by atoms with Crippen molar-refractivity contribution in [2.75, 3.05) is 39.4 Å². The second-order valence-electron chi connectivity index (χ2n) is 6.65. The summed E-state index contributed by atoms with van der Waals surface area (Å²) in [4.78, 5) is 2.55. The number of likely N-dealkylation sites (tertiary alicyclic amines) is 1. The highest BCUT2D eigenvalue weighted by Crippen LogP contribution is 2.33. The second-order valence-corrected chi connectivity index (χ2v) is 6.65. The molecule has 0 bridgehead atoms. The largest absolute Gasteiger partial charge is 0.486 e. The molecule has 21 heavy (non-hydrogen) atoms. The van der Waals surface area contributed by atoms with Gasteiger partial charge in [-0.2, -0.15) is 0 Å². The summed E-state index contributed by atoms with van der Waals surface area (Å²) < 4.78 is 11.3. The highest BCUT2D eigenvalue weighted by molar-refractivity contribution is 5.44. The van der Waals surface area contributed by atoms with Gasteiger partial charge >= 0.3 is 0 Å². The van der Waals surface area contributed by atoms with E-state index in [0.29, 0.717) is 19.8 Å². The fourth-order valence-corrected chi connectivity index (χ4v) is 3.36. The lowest BCUT2D eigenvalue weighted by molar-refractivity contribution is 0.170. The molecule has 0 radical (unpaired) electrons. The molecule has 4 heteroatoms. The Balaban J connectivity index is 1.70. The standard InChI is InChI=1S/C17H26N2O2/c1-17(12-18,13-19-6-2-3-7-19)11-14-4-5-15-16(10-14)21-9-8-20-15/h4-5,10H,2-3,6-9,11-13,18H2,1H3. The summed E-state index contributed by atoms with van der Waals surface area (Å²) in [6, 6.07) is 6.29. The SMILES string of the molecule is CC(CN)(Cc1ccc2c(c1)OCCO2)CN1CCCC1. The van der Waals surface area contributed by atoms with Crippen LogP contribution in [0.5, 0.6) is 11.5 Å². The summed E-state index contributed by atoms with van der Waals surface area (Å²) in [5, 5.41) is 0. The van der Waals surface area contributed by atoms with Gasteiger partial charge in [0.2, 0.25) is 0 Å². The summed E-state index contributed by atoms with van der Waals surface area (Å²) >= 11 is 0. The quantitative estimate of drug-likeness (QED) is 0.902. The van der Waals surface area contributed by atoms with Crippen LogP contribution < -0.4 is 15.2 Å². The van der Waals surface area contributed by atoms with Gasteiger partial charge in [-0.05, 0) is 62.0 Å². The third kappa shape index (κ3) is 3.50. The number of rotatable bonds is 5. The van der Waals surface area contributed by atoms with E-state index in [9.17, 15) is 0 Å². The molecule has 2 heterocycles. The minimum atomic E-state index is 0.119. The van der Waals surface area contributed by atoms with Gasteiger partial charge in [-0.3, -0.25) is 0 Å². The van der Waals surface area contributed by atoms with Crippen LogP contribution in [0.1, 0.15) is 25.3 Å². The van der Waals surface area contributed by atoms with Crippen molar-refractivity contribution in [3.05, 3.63) is 23.8 Å². The van der Waals surface area contributed by atoms with E-state index < -0.39 is 0 Å². The topological polar surface area (TPSA) is 47.7 Å². The maximum absolute atomic E-state index is 6.09. The average Bonchev–Trinajstić information content (AvgIpc) is 2.99. The van der Waals surface area contributed by atoms with E-state index in [1.165, 1.54) is 31.5 Å². The van der Waals surface area contributed by atoms with Crippen LogP contribution in [0.25, 0.3) is 0 Å². The van der Waals surface area contributed by atoms with Crippen molar-refractivity contribution in [1.82, 2.24) is 4.90 Å². The Labute approximate surface area is 127 Å². The molecule has 2 aliphatic rings. The number of nitrogens with two attached hydrogens (primary N) is 1. The fraction of sp³-hybridized carbons (Fsp3) is 0.647. The molecule has 0 saturated carbocycles. The van der Waals surface area contributed by atoms with Crippen molar-refractivity contribution < 1.29 is 9.47 Å². The fourth-order valence-electron chi connectivity index (χ4n) is 3.36. The van der Waals surface area contributed by atoms with Crippen LogP contribution in [0, 0.1) is 5.41 Å². The lowest BCUT2D eigenvalue weighted by Crippen LogP contribution is -2.41. The molecule has 2 N–H and O–H groups in total. The van der Waals surface area contributed by atoms with Gasteiger partial charge in [-0.15, -0.1) is 0 Å². The average molecular weight is 290 g/mol. The Hall–Kier alpha value is -1.26. The predicted octanol–water partition coefficient (Wildman–Crippen LogP) is 2.06. The number of hydrogen-bond donors (Lipinski definition) is 1. The van der Waals surface area contributed by atoms with E-state index in [2.05, 4.69) is 24.0 Å². The molecule has 1 unspecified atom stereocenters. The molecule has 0 aromatic heterocycles. The van der Waals surface area contributed by atoms with Gasteiger partial charge in [0, 0.05) is 6.54 Å². The highest BCUT2D eigenvalue weighted by Gasteiger charge is 2.28. The molecule has 4 nitrogen and oxygen atoms in total. The molecule has 1 saturated heterocycles. The summed E-state index contributed by atoms with van der Waals surface area (Å²) in [5.74, 6) is 1.73. The molecule has 116 valence electrons. The molecule has 1 aromatic carbocycles. The summed E-state index contributed by atoms with van der Waals surface area (Å²) in [5.41, 5.74) is 7.49. The van der Waals surface area contributed by atoms with Crippen molar-refractivity contribution in [2.45, 2.75) is 26.2 Å². The van der Waals surface area contributed by atoms with Crippen LogP contribution in [0.2, 0.25) is 0 Å². The monoisotopic (exact) mass is 290 g/mol. The predicted molar refractivity (Wildman–Crippen MR) is 84.0 cm³/mol. The molecule has 0 spiro atoms. The van der Waals surface area contributed by atoms with Crippen molar-refractivity contribution in [2.24, 2.45) is 11.1 Å². The molecule has 3 rings (SSSR count). The van der Waals surface area contributed by atoms with Crippen LogP contribution in [0.3, 0.4) is 0 Å². The first kappa shape index (κ1) is 14.7. The van der Waals surface area contributed by atoms with Gasteiger partial charge < -0.3 is 20.1 Å². The van der Waals surface area contributed by atoms with Gasteiger partial charge in [0.25, 0.3) is 0 Å². The number of benzene rings is 1. The normalized spacial score (nSPS) is 21.2. The van der Waals surface area contributed by atoms with E-state index in [4.69, 9.17) is 15.2 Å². The zero-order valence-corrected chi connectivity index (χ0v) is 12.9. The van der Waals surface area contributed by atoms with Crippen LogP contribution in [0.4, 0.5) is 0 Å². The summed E-state index contributed by atoms with van der Waals surface area (Å²) in [7, 11) is 0. The van der Waals surface area contributed by atoms with Gasteiger partial charge in [-0.25, -0.2) is 0 Å². The lowest BCUT2D eigenvalue weighted by Gasteiger charge is -2.33. The van der Waals surface area contributed by atoms with Gasteiger partial charge in [0.1, 0.15) is 13.2 Å². The van der Waals surface area contributed by atoms with Gasteiger partial charge in [-0.1, -0.05) is 13.0 Å². The van der Waals surface area contributed by atoms with Crippen LogP contribution in [-0.4, -0.2) is 44.3 Å². The number of hydrogen-bond acceptors (Lipinski definition) is 4. The Morgan fingerprint density at radius 1 is 1.14 bits per heavy atom. The molecular formula is C17H26N2O2. The molecule has 0 amide bonds. The number of nitrogens with zero attached hydrogens (tertiary/aromatic N) is 1. The first-order chi connectivity index (χ1) is 10.2. The molecule has 1 atom stereocenters. The molecule has 2 aliphatic heterocycles. The highest BCUT2D eigenvalue weighted by atomic mass is 16.6. The first-order valence-electron chi connectivity index (χ1n) is 7.99. The van der Waals surface area contributed by atoms with Crippen molar-refractivity contribution in [3.8, 4) is 11.5 Å². The lowest BCUT2D eigenvalue weighted by atomic mass is 9.83. The minimum Gasteiger partial charge on any atom is -0.486 e. The first-order valence-corrected chi connectivity index (χ1v) is 7.99. The maximum Gasteiger partial charge on any atom is 0.161 e. The van der Waals surface area contributed by atoms with Crippen molar-refractivity contribution in [3.63, 3.8) is 0 Å². The third-order valence-electron chi connectivity index (χ3n) is 4.53. The van der Waals surface area contributed by atoms with Crippen molar-refractivity contribution in [1.29, 1.82) is 0 Å². The van der Waals surface area contributed by atoms with Gasteiger partial charge in [0.05, 0.1) is 0 Å². The van der Waals surface area contributed by atoms with E-state index in [1.807, 2.05) is 6.07 Å². The third-order valence-corrected chi connectivity index (χ3v) is 4.53. The second kappa shape index (κ2) is 6.24. The summed E-state index contributed by atoms with van der Waals surface area (Å²) in [6.07, 6.45) is 3.63. The Kier molecular flexibility index (Phi) is 4.36. The van der Waals surface area contributed by atoms with Gasteiger partial charge in [0.15, 0.2) is 11.5 Å². The Morgan fingerprint density at radius 2 is 1.86 bits per heavy atom. The van der Waals surface area contributed by atoms with Crippen molar-refractivity contribution >= 4 is 0 Å². The number of ether oxygens (including phenoxy) is 2. The maximum atomic E-state index is 6.09. The van der Waals surface area contributed by atoms with Crippen LogP contribution >= 0.6 is 0 Å². The Bertz CT molecular complexity index is 486. The Morgan fingerprint density at radius 3 is 2.57 bits per heavy atom.